The van der Waals surface area contributed by atoms with Crippen LogP contribution in [0.4, 0.5) is 10.2 Å². The number of halogens is 2. The van der Waals surface area contributed by atoms with Gasteiger partial charge in [-0.2, -0.15) is 0 Å². The molecular weight excluding hydrogens is 405 g/mol. The topological polar surface area (TPSA) is 78.9 Å². The molecule has 0 radical (unpaired) electrons. The smallest absolute Gasteiger partial charge is 0.228 e. The summed E-state index contributed by atoms with van der Waals surface area (Å²) in [6, 6.07) is 7.62. The highest BCUT2D eigenvalue weighted by Gasteiger charge is 2.32. The van der Waals surface area contributed by atoms with Gasteiger partial charge in [-0.25, -0.2) is 14.4 Å². The number of nitrogens with zero attached hydrogens (tertiary/aromatic N) is 2. The molecule has 1 aromatic heterocycles. The van der Waals surface area contributed by atoms with E-state index in [1.54, 1.807) is 12.1 Å². The molecule has 1 aromatic carbocycles. The lowest BCUT2D eigenvalue weighted by molar-refractivity contribution is -0.122. The Hall–Kier alpha value is -2.25. The molecule has 3 N–H and O–H groups in total. The van der Waals surface area contributed by atoms with Gasteiger partial charge in [0, 0.05) is 36.3 Å². The van der Waals surface area contributed by atoms with Gasteiger partial charge in [0.2, 0.25) is 5.91 Å². The van der Waals surface area contributed by atoms with Crippen LogP contribution in [0.25, 0.3) is 0 Å². The van der Waals surface area contributed by atoms with E-state index in [1.165, 1.54) is 6.33 Å². The highest BCUT2D eigenvalue weighted by atomic mass is 35.5. The molecule has 0 bridgehead atoms. The van der Waals surface area contributed by atoms with Gasteiger partial charge in [-0.05, 0) is 30.0 Å². The first-order chi connectivity index (χ1) is 14.4. The van der Waals surface area contributed by atoms with Crippen LogP contribution < -0.4 is 16.0 Å². The largest absolute Gasteiger partial charge is 0.368 e. The zero-order valence-electron chi connectivity index (χ0n) is 17.6. The van der Waals surface area contributed by atoms with E-state index in [4.69, 9.17) is 11.6 Å². The number of carbonyl (C=O) groups excluding carboxylic acids is 1. The highest BCUT2D eigenvalue weighted by Crippen LogP contribution is 2.43. The number of rotatable bonds is 9. The van der Waals surface area contributed by atoms with E-state index in [-0.39, 0.29) is 23.8 Å². The van der Waals surface area contributed by atoms with Crippen LogP contribution in [0.3, 0.4) is 0 Å². The normalized spacial score (nSPS) is 18.9. The van der Waals surface area contributed by atoms with Gasteiger partial charge in [-0.1, -0.05) is 44.5 Å². The van der Waals surface area contributed by atoms with Gasteiger partial charge < -0.3 is 16.0 Å². The van der Waals surface area contributed by atoms with E-state index < -0.39 is 6.17 Å². The molecule has 1 amide bonds. The first-order valence-corrected chi connectivity index (χ1v) is 10.7. The van der Waals surface area contributed by atoms with Gasteiger partial charge in [0.15, 0.2) is 0 Å². The number of aromatic nitrogens is 2. The van der Waals surface area contributed by atoms with Gasteiger partial charge in [-0.3, -0.25) is 4.79 Å². The first kappa shape index (κ1) is 22.4. The second kappa shape index (κ2) is 10.2. The van der Waals surface area contributed by atoms with Crippen LogP contribution in [-0.2, 0) is 4.79 Å². The number of carbonyl (C=O) groups is 1. The molecular formula is C22H29ClFN5O. The number of nitrogens with one attached hydrogen (secondary N) is 3. The molecule has 0 saturated carbocycles. The van der Waals surface area contributed by atoms with Crippen molar-refractivity contribution in [2.45, 2.75) is 51.2 Å². The fourth-order valence-corrected chi connectivity index (χ4v) is 3.85. The first-order valence-electron chi connectivity index (χ1n) is 10.4. The van der Waals surface area contributed by atoms with Crippen LogP contribution in [-0.4, -0.2) is 41.6 Å². The molecule has 30 heavy (non-hydrogen) atoms. The van der Waals surface area contributed by atoms with Crippen molar-refractivity contribution in [3.05, 3.63) is 52.4 Å². The standard InChI is InChI=1S/C22H29ClFN5O/c1-13(2)27-11-17(15-4-6-16(23)7-5-15)22(30)26-9-8-25-21-19-14(3)10-18(24)20(19)28-12-29-21/h4-7,12-14,17-18,27H,8-11H2,1-3H3,(H,26,30)(H,25,28,29)/t14-,17-,18+/m1/s1. The van der Waals surface area contributed by atoms with E-state index in [0.717, 1.165) is 11.1 Å². The Bertz CT molecular complexity index is 861. The molecule has 0 saturated heterocycles. The third kappa shape index (κ3) is 5.46. The number of hydrogen-bond donors (Lipinski definition) is 3. The van der Waals surface area contributed by atoms with Crippen molar-refractivity contribution in [3.8, 4) is 0 Å². The van der Waals surface area contributed by atoms with Crippen molar-refractivity contribution >= 4 is 23.3 Å². The highest BCUT2D eigenvalue weighted by molar-refractivity contribution is 6.30. The molecule has 3 rings (SSSR count). The lowest BCUT2D eigenvalue weighted by atomic mass is 9.97. The number of hydrogen-bond acceptors (Lipinski definition) is 5. The quantitative estimate of drug-likeness (QED) is 0.522. The molecule has 1 aliphatic rings. The van der Waals surface area contributed by atoms with Gasteiger partial charge in [-0.15, -0.1) is 0 Å². The third-order valence-corrected chi connectivity index (χ3v) is 5.55. The zero-order chi connectivity index (χ0) is 21.7. The summed E-state index contributed by atoms with van der Waals surface area (Å²) in [4.78, 5) is 21.2. The van der Waals surface area contributed by atoms with Gasteiger partial charge in [0.1, 0.15) is 18.3 Å². The predicted octanol–water partition coefficient (Wildman–Crippen LogP) is 3.96. The molecule has 0 unspecified atom stereocenters. The Labute approximate surface area is 182 Å². The minimum atomic E-state index is -1.04. The molecule has 1 heterocycles. The Morgan fingerprint density at radius 1 is 1.23 bits per heavy atom. The summed E-state index contributed by atoms with van der Waals surface area (Å²) in [5.41, 5.74) is 2.23. The molecule has 8 heteroatoms. The van der Waals surface area contributed by atoms with Gasteiger partial charge >= 0.3 is 0 Å². The maximum atomic E-state index is 14.1. The van der Waals surface area contributed by atoms with Crippen molar-refractivity contribution in [1.82, 2.24) is 20.6 Å². The molecule has 0 spiro atoms. The Balaban J connectivity index is 1.58. The van der Waals surface area contributed by atoms with Gasteiger partial charge in [0.05, 0.1) is 11.6 Å². The number of benzene rings is 1. The molecule has 0 aliphatic heterocycles. The predicted molar refractivity (Wildman–Crippen MR) is 118 cm³/mol. The molecule has 0 fully saturated rings. The minimum Gasteiger partial charge on any atom is -0.368 e. The molecule has 2 aromatic rings. The maximum Gasteiger partial charge on any atom is 0.228 e. The summed E-state index contributed by atoms with van der Waals surface area (Å²) in [5, 5.41) is 10.2. The molecule has 6 nitrogen and oxygen atoms in total. The van der Waals surface area contributed by atoms with E-state index >= 15 is 0 Å². The summed E-state index contributed by atoms with van der Waals surface area (Å²) >= 11 is 5.99. The Morgan fingerprint density at radius 3 is 2.67 bits per heavy atom. The third-order valence-electron chi connectivity index (χ3n) is 5.30. The van der Waals surface area contributed by atoms with Crippen LogP contribution in [0, 0.1) is 0 Å². The fourth-order valence-electron chi connectivity index (χ4n) is 3.73. The second-order valence-corrected chi connectivity index (χ2v) is 8.45. The van der Waals surface area contributed by atoms with Crippen molar-refractivity contribution in [1.29, 1.82) is 0 Å². The molecule has 1 aliphatic carbocycles. The summed E-state index contributed by atoms with van der Waals surface area (Å²) in [7, 11) is 0. The lowest BCUT2D eigenvalue weighted by Crippen LogP contribution is -2.39. The van der Waals surface area contributed by atoms with Crippen LogP contribution >= 0.6 is 11.6 Å². The number of amides is 1. The average Bonchev–Trinajstić information content (AvgIpc) is 3.01. The van der Waals surface area contributed by atoms with Crippen molar-refractivity contribution in [2.75, 3.05) is 25.0 Å². The summed E-state index contributed by atoms with van der Waals surface area (Å²) in [5.74, 6) is 0.347. The number of alkyl halides is 1. The molecule has 162 valence electrons. The summed E-state index contributed by atoms with van der Waals surface area (Å²) in [6.45, 7) is 7.52. The zero-order valence-corrected chi connectivity index (χ0v) is 18.3. The molecule has 3 atom stereocenters. The van der Waals surface area contributed by atoms with Gasteiger partial charge in [0.25, 0.3) is 0 Å². The second-order valence-electron chi connectivity index (χ2n) is 8.01. The maximum absolute atomic E-state index is 14.1. The SMILES string of the molecule is CC(C)NC[C@@H](C(=O)NCCNc1ncnc2c1[C@H](C)C[C@@H]2F)c1ccc(Cl)cc1. The average molecular weight is 434 g/mol. The number of fused-ring (bicyclic) bond motifs is 1. The van der Waals surface area contributed by atoms with Crippen LogP contribution in [0.5, 0.6) is 0 Å². The lowest BCUT2D eigenvalue weighted by Gasteiger charge is -2.20. The van der Waals surface area contributed by atoms with E-state index in [1.807, 2.05) is 32.9 Å². The van der Waals surface area contributed by atoms with E-state index in [9.17, 15) is 9.18 Å². The summed E-state index contributed by atoms with van der Waals surface area (Å²) < 4.78 is 14.1. The van der Waals surface area contributed by atoms with Crippen LogP contribution in [0.15, 0.2) is 30.6 Å². The van der Waals surface area contributed by atoms with Crippen molar-refractivity contribution in [3.63, 3.8) is 0 Å². The Kier molecular flexibility index (Phi) is 7.61. The van der Waals surface area contributed by atoms with Crippen molar-refractivity contribution in [2.24, 2.45) is 0 Å². The summed E-state index contributed by atoms with van der Waals surface area (Å²) in [6.07, 6.45) is 0.788. The van der Waals surface area contributed by atoms with Crippen molar-refractivity contribution < 1.29 is 9.18 Å². The fraction of sp³-hybridized carbons (Fsp3) is 0.500. The van der Waals surface area contributed by atoms with E-state index in [0.29, 0.717) is 42.6 Å². The monoisotopic (exact) mass is 433 g/mol. The van der Waals surface area contributed by atoms with E-state index in [2.05, 4.69) is 25.9 Å². The number of anilines is 1. The Morgan fingerprint density at radius 2 is 1.97 bits per heavy atom. The van der Waals surface area contributed by atoms with Crippen LogP contribution in [0.1, 0.15) is 62.0 Å². The minimum absolute atomic E-state index is 0.0580. The van der Waals surface area contributed by atoms with Crippen LogP contribution in [0.2, 0.25) is 5.02 Å².